The van der Waals surface area contributed by atoms with Gasteiger partial charge < -0.3 is 29.3 Å². The van der Waals surface area contributed by atoms with Gasteiger partial charge in [-0.05, 0) is 65.4 Å². The zero-order valence-electron chi connectivity index (χ0n) is 32.7. The maximum Gasteiger partial charge on any atom is 0.269 e. The maximum absolute atomic E-state index is 15.3. The summed E-state index contributed by atoms with van der Waals surface area (Å²) in [5, 5.41) is 23.8. The number of benzene rings is 4. The van der Waals surface area contributed by atoms with Crippen LogP contribution in [0.5, 0.6) is 5.75 Å². The molecular formula is C44H48N4O8Si. The minimum Gasteiger partial charge on any atom is -0.497 e. The summed E-state index contributed by atoms with van der Waals surface area (Å²) < 4.78 is 12.6. The molecule has 1 N–H and O–H groups in total. The largest absolute Gasteiger partial charge is 0.497 e. The lowest BCUT2D eigenvalue weighted by molar-refractivity contribution is -0.385. The molecule has 4 aliphatic rings. The van der Waals surface area contributed by atoms with E-state index in [0.29, 0.717) is 42.9 Å². The molecule has 1 spiro atoms. The number of hydrogen-bond acceptors (Lipinski definition) is 8. The van der Waals surface area contributed by atoms with Crippen molar-refractivity contribution in [3.63, 3.8) is 0 Å². The third kappa shape index (κ3) is 6.51. The van der Waals surface area contributed by atoms with E-state index in [1.165, 1.54) is 12.1 Å². The molecule has 4 aromatic carbocycles. The molecule has 0 aromatic heterocycles. The molecule has 2 saturated heterocycles. The molecule has 0 saturated carbocycles. The van der Waals surface area contributed by atoms with Crippen LogP contribution in [-0.2, 0) is 44.2 Å². The Labute approximate surface area is 333 Å². The first kappa shape index (κ1) is 38.5. The Kier molecular flexibility index (Phi) is 10.0. The molecule has 13 heteroatoms. The second-order valence-corrected chi connectivity index (χ2v) is 21.0. The van der Waals surface area contributed by atoms with Crippen LogP contribution in [0.4, 0.5) is 17.1 Å². The summed E-state index contributed by atoms with van der Waals surface area (Å²) in [5.41, 5.74) is 2.66. The van der Waals surface area contributed by atoms with Crippen molar-refractivity contribution < 1.29 is 33.9 Å². The van der Waals surface area contributed by atoms with E-state index in [9.17, 15) is 24.8 Å². The average molecular weight is 789 g/mol. The highest BCUT2D eigenvalue weighted by molar-refractivity contribution is 6.91. The Hall–Kier alpha value is -5.37. The standard InChI is InChI=1S/C44H48N4O8Si/c1-28-42(57(3,4)36-18-16-35(55-2)17-19-36)39(24-41(51)46-26-31-9-6-5-8-30(31)22-34(46)27-49)56-44(28)37-23-33(48(53)54)15-20-38(37)47(43(44)52)25-29-11-13-32(14-12-29)45-21-7-10-40(45)50/h5-6,8-9,11-20,23,28,34,39,42,49H,7,10,21-22,24-27H2,1-4H3/t28-,34+,39+,42-,44+/m1/s1. The number of nitro benzene ring substituents is 1. The number of nitro groups is 1. The Morgan fingerprint density at radius 2 is 1.74 bits per heavy atom. The Bertz CT molecular complexity index is 2230. The van der Waals surface area contributed by atoms with Crippen molar-refractivity contribution >= 4 is 48.0 Å². The van der Waals surface area contributed by atoms with Crippen LogP contribution in [0.3, 0.4) is 0 Å². The van der Waals surface area contributed by atoms with E-state index in [1.807, 2.05) is 79.7 Å². The van der Waals surface area contributed by atoms with E-state index in [0.717, 1.165) is 34.0 Å². The molecule has 2 fully saturated rings. The predicted octanol–water partition coefficient (Wildman–Crippen LogP) is 5.83. The van der Waals surface area contributed by atoms with Crippen molar-refractivity contribution in [2.75, 3.05) is 30.1 Å². The highest BCUT2D eigenvalue weighted by Crippen LogP contribution is 2.60. The molecule has 0 radical (unpaired) electrons. The summed E-state index contributed by atoms with van der Waals surface area (Å²) in [6, 6.07) is 27.6. The molecular weight excluding hydrogens is 741 g/mol. The van der Waals surface area contributed by atoms with Gasteiger partial charge in [-0.15, -0.1) is 0 Å². The third-order valence-electron chi connectivity index (χ3n) is 13.0. The van der Waals surface area contributed by atoms with E-state index in [-0.39, 0.29) is 48.5 Å². The number of methoxy groups -OCH3 is 1. The lowest BCUT2D eigenvalue weighted by atomic mass is 9.82. The maximum atomic E-state index is 15.3. The van der Waals surface area contributed by atoms with Crippen LogP contribution in [0, 0.1) is 16.0 Å². The average Bonchev–Trinajstić information content (AvgIpc) is 3.85. The van der Waals surface area contributed by atoms with E-state index >= 15 is 4.79 Å². The van der Waals surface area contributed by atoms with Gasteiger partial charge in [0.2, 0.25) is 11.8 Å². The fraction of sp³-hybridized carbons (Fsp3) is 0.386. The molecule has 12 nitrogen and oxygen atoms in total. The van der Waals surface area contributed by atoms with Gasteiger partial charge in [-0.3, -0.25) is 24.5 Å². The molecule has 0 unspecified atom stereocenters. The number of rotatable bonds is 10. The van der Waals surface area contributed by atoms with Crippen LogP contribution in [-0.4, -0.2) is 73.1 Å². The number of anilines is 2. The zero-order chi connectivity index (χ0) is 40.2. The molecule has 3 amide bonds. The first-order chi connectivity index (χ1) is 27.4. The number of carbonyl (C=O) groups is 3. The smallest absolute Gasteiger partial charge is 0.269 e. The lowest BCUT2D eigenvalue weighted by Crippen LogP contribution is -2.52. The minimum atomic E-state index is -2.65. The van der Waals surface area contributed by atoms with Crippen molar-refractivity contribution in [3.8, 4) is 5.75 Å². The molecule has 296 valence electrons. The number of nitrogens with zero attached hydrogens (tertiary/aromatic N) is 4. The van der Waals surface area contributed by atoms with Gasteiger partial charge in [0, 0.05) is 48.8 Å². The molecule has 4 aliphatic heterocycles. The van der Waals surface area contributed by atoms with Crippen molar-refractivity contribution in [1.82, 2.24) is 4.90 Å². The van der Waals surface area contributed by atoms with Crippen LogP contribution in [0.15, 0.2) is 91.0 Å². The summed E-state index contributed by atoms with van der Waals surface area (Å²) in [5.74, 6) is -0.199. The number of ether oxygens (including phenoxy) is 2. The summed E-state index contributed by atoms with van der Waals surface area (Å²) in [6.45, 7) is 7.44. The van der Waals surface area contributed by atoms with E-state index in [1.54, 1.807) is 27.9 Å². The molecule has 5 atom stereocenters. The van der Waals surface area contributed by atoms with Gasteiger partial charge in [-0.2, -0.15) is 0 Å². The number of aliphatic hydroxyl groups is 1. The molecule has 4 aromatic rings. The minimum absolute atomic E-state index is 0.0315. The highest BCUT2D eigenvalue weighted by Gasteiger charge is 2.67. The van der Waals surface area contributed by atoms with Crippen LogP contribution < -0.4 is 19.7 Å². The van der Waals surface area contributed by atoms with Gasteiger partial charge in [0.1, 0.15) is 5.75 Å². The first-order valence-electron chi connectivity index (χ1n) is 19.7. The van der Waals surface area contributed by atoms with Crippen molar-refractivity contribution in [2.45, 2.75) is 82.1 Å². The van der Waals surface area contributed by atoms with Crippen molar-refractivity contribution in [2.24, 2.45) is 5.92 Å². The Balaban J connectivity index is 1.19. The number of fused-ring (bicyclic) bond motifs is 3. The Morgan fingerprint density at radius 3 is 2.39 bits per heavy atom. The van der Waals surface area contributed by atoms with Crippen molar-refractivity contribution in [1.29, 1.82) is 0 Å². The van der Waals surface area contributed by atoms with Gasteiger partial charge in [0.05, 0.1) is 57.5 Å². The van der Waals surface area contributed by atoms with Crippen LogP contribution in [0.1, 0.15) is 48.4 Å². The van der Waals surface area contributed by atoms with Gasteiger partial charge in [0.25, 0.3) is 11.6 Å². The summed E-state index contributed by atoms with van der Waals surface area (Å²) in [6.07, 6.45) is 1.11. The van der Waals surface area contributed by atoms with Gasteiger partial charge in [-0.25, -0.2) is 0 Å². The van der Waals surface area contributed by atoms with E-state index < -0.39 is 36.7 Å². The highest BCUT2D eigenvalue weighted by atomic mass is 28.3. The number of non-ortho nitro benzene ring substituents is 1. The lowest BCUT2D eigenvalue weighted by Gasteiger charge is -2.39. The first-order valence-corrected chi connectivity index (χ1v) is 22.7. The fourth-order valence-electron chi connectivity index (χ4n) is 9.99. The Morgan fingerprint density at radius 1 is 1.02 bits per heavy atom. The van der Waals surface area contributed by atoms with Gasteiger partial charge in [-0.1, -0.05) is 73.7 Å². The topological polar surface area (TPSA) is 143 Å². The monoisotopic (exact) mass is 788 g/mol. The fourth-order valence-corrected chi connectivity index (χ4v) is 14.0. The van der Waals surface area contributed by atoms with Crippen molar-refractivity contribution in [3.05, 3.63) is 123 Å². The number of hydrogen-bond donors (Lipinski definition) is 1. The van der Waals surface area contributed by atoms with E-state index in [4.69, 9.17) is 9.47 Å². The molecule has 57 heavy (non-hydrogen) atoms. The molecule has 0 aliphatic carbocycles. The zero-order valence-corrected chi connectivity index (χ0v) is 33.7. The van der Waals surface area contributed by atoms with Crippen LogP contribution in [0.2, 0.25) is 18.6 Å². The quantitative estimate of drug-likeness (QED) is 0.120. The van der Waals surface area contributed by atoms with Gasteiger partial charge >= 0.3 is 0 Å². The molecule has 0 bridgehead atoms. The van der Waals surface area contributed by atoms with Crippen LogP contribution >= 0.6 is 0 Å². The van der Waals surface area contributed by atoms with Gasteiger partial charge in [0.15, 0.2) is 5.60 Å². The van der Waals surface area contributed by atoms with Crippen LogP contribution in [0.25, 0.3) is 0 Å². The third-order valence-corrected chi connectivity index (χ3v) is 17.3. The van der Waals surface area contributed by atoms with E-state index in [2.05, 4.69) is 13.1 Å². The molecule has 8 rings (SSSR count). The second kappa shape index (κ2) is 14.9. The second-order valence-electron chi connectivity index (χ2n) is 16.4. The number of carbonyl (C=O) groups excluding carboxylic acids is 3. The summed E-state index contributed by atoms with van der Waals surface area (Å²) in [4.78, 5) is 59.3. The summed E-state index contributed by atoms with van der Waals surface area (Å²) in [7, 11) is -1.03. The normalized spacial score (nSPS) is 24.3. The molecule has 4 heterocycles. The predicted molar refractivity (Wildman–Crippen MR) is 218 cm³/mol. The number of amides is 3. The SMILES string of the molecule is COc1ccc([Si](C)(C)[C@H]2[C@H](CC(=O)N3Cc4ccccc4C[C@H]3CO)O[C@@]3(C(=O)N(Cc4ccc(N5CCCC5=O)cc4)c4ccc([N+](=O)[O-])cc43)[C@@H]2C)cc1. The summed E-state index contributed by atoms with van der Waals surface area (Å²) >= 11 is 0. The number of aliphatic hydroxyl groups excluding tert-OH is 1.